The van der Waals surface area contributed by atoms with Crippen LogP contribution in [0.25, 0.3) is 0 Å². The number of benzene rings is 1. The first-order valence-corrected chi connectivity index (χ1v) is 7.97. The third-order valence-electron chi connectivity index (χ3n) is 6.51. The van der Waals surface area contributed by atoms with E-state index < -0.39 is 0 Å². The number of halogens is 1. The minimum atomic E-state index is -0.203. The second kappa shape index (κ2) is 5.06. The normalized spacial score (nSPS) is 33.6. The molecule has 2 saturated carbocycles. The summed E-state index contributed by atoms with van der Waals surface area (Å²) in [6.45, 7) is 7.81. The molecule has 0 saturated heterocycles. The molecular formula is C18H26FNO. The minimum absolute atomic E-state index is 0.203. The van der Waals surface area contributed by atoms with Gasteiger partial charge in [0.1, 0.15) is 5.82 Å². The molecule has 3 atom stereocenters. The molecule has 0 radical (unpaired) electrons. The Kier molecular flexibility index (Phi) is 3.61. The summed E-state index contributed by atoms with van der Waals surface area (Å²) < 4.78 is 20.2. The molecular weight excluding hydrogens is 265 g/mol. The highest BCUT2D eigenvalue weighted by Gasteiger charge is 2.61. The number of hydrogen-bond acceptors (Lipinski definition) is 2. The quantitative estimate of drug-likeness (QED) is 0.909. The van der Waals surface area contributed by atoms with Crippen molar-refractivity contribution in [2.75, 3.05) is 0 Å². The summed E-state index contributed by atoms with van der Waals surface area (Å²) in [6, 6.07) is 5.21. The van der Waals surface area contributed by atoms with E-state index in [1.54, 1.807) is 6.07 Å². The molecule has 2 aliphatic carbocycles. The zero-order valence-corrected chi connectivity index (χ0v) is 13.3. The fourth-order valence-electron chi connectivity index (χ4n) is 4.41. The van der Waals surface area contributed by atoms with E-state index in [4.69, 9.17) is 10.5 Å². The molecule has 1 aromatic rings. The average Bonchev–Trinajstić information content (AvgIpc) is 2.78. The van der Waals surface area contributed by atoms with Gasteiger partial charge in [-0.15, -0.1) is 0 Å². The van der Waals surface area contributed by atoms with Crippen LogP contribution in [-0.4, -0.2) is 6.10 Å². The third-order valence-corrected chi connectivity index (χ3v) is 6.51. The van der Waals surface area contributed by atoms with E-state index in [2.05, 4.69) is 20.8 Å². The highest BCUT2D eigenvalue weighted by molar-refractivity contribution is 5.24. The van der Waals surface area contributed by atoms with Gasteiger partial charge in [-0.2, -0.15) is 0 Å². The molecule has 2 bridgehead atoms. The number of ether oxygens (including phenoxy) is 1. The van der Waals surface area contributed by atoms with E-state index >= 15 is 0 Å². The van der Waals surface area contributed by atoms with Gasteiger partial charge >= 0.3 is 0 Å². The Morgan fingerprint density at radius 3 is 2.62 bits per heavy atom. The molecule has 2 aliphatic rings. The molecule has 0 spiro atoms. The first-order valence-electron chi connectivity index (χ1n) is 7.97. The van der Waals surface area contributed by atoms with Crippen LogP contribution < -0.4 is 5.73 Å². The molecule has 116 valence electrons. The number of hydrogen-bond donors (Lipinski definition) is 1. The second-order valence-corrected chi connectivity index (χ2v) is 7.54. The van der Waals surface area contributed by atoms with Gasteiger partial charge in [-0.05, 0) is 47.6 Å². The van der Waals surface area contributed by atoms with Gasteiger partial charge in [0.15, 0.2) is 0 Å². The first-order chi connectivity index (χ1) is 9.88. The summed E-state index contributed by atoms with van der Waals surface area (Å²) in [4.78, 5) is 0. The van der Waals surface area contributed by atoms with Gasteiger partial charge in [0.2, 0.25) is 0 Å². The summed E-state index contributed by atoms with van der Waals surface area (Å²) in [5, 5.41) is 0. The summed E-state index contributed by atoms with van der Waals surface area (Å²) in [6.07, 6.45) is 3.90. The van der Waals surface area contributed by atoms with Crippen LogP contribution in [0.5, 0.6) is 0 Å². The zero-order chi connectivity index (χ0) is 15.3. The van der Waals surface area contributed by atoms with E-state index in [-0.39, 0.29) is 17.3 Å². The standard InChI is InChI=1S/C18H26FNO/c1-17(2)14-6-7-18(17,3)16(9-14)21-11-13-5-4-12(10-20)8-15(13)19/h4-5,8,14,16H,6-7,9-11,20H2,1-3H3. The van der Waals surface area contributed by atoms with Gasteiger partial charge < -0.3 is 10.5 Å². The van der Waals surface area contributed by atoms with Gasteiger partial charge in [0.05, 0.1) is 12.7 Å². The smallest absolute Gasteiger partial charge is 0.129 e. The van der Waals surface area contributed by atoms with Crippen LogP contribution in [0.1, 0.15) is 51.2 Å². The lowest BCUT2D eigenvalue weighted by molar-refractivity contribution is -0.0557. The van der Waals surface area contributed by atoms with Crippen molar-refractivity contribution in [2.45, 2.75) is 59.3 Å². The second-order valence-electron chi connectivity index (χ2n) is 7.54. The molecule has 2 N–H and O–H groups in total. The maximum atomic E-state index is 14.0. The molecule has 0 aliphatic heterocycles. The highest BCUT2D eigenvalue weighted by Crippen LogP contribution is 2.66. The molecule has 0 aromatic heterocycles. The molecule has 21 heavy (non-hydrogen) atoms. The largest absolute Gasteiger partial charge is 0.373 e. The number of rotatable bonds is 4. The van der Waals surface area contributed by atoms with Gasteiger partial charge in [0.25, 0.3) is 0 Å². The Bertz CT molecular complexity index is 542. The zero-order valence-electron chi connectivity index (χ0n) is 13.3. The van der Waals surface area contributed by atoms with Crippen molar-refractivity contribution < 1.29 is 9.13 Å². The summed E-state index contributed by atoms with van der Waals surface area (Å²) in [5.41, 5.74) is 7.55. The molecule has 3 heteroatoms. The van der Waals surface area contributed by atoms with Crippen molar-refractivity contribution in [3.05, 3.63) is 35.1 Å². The monoisotopic (exact) mass is 291 g/mol. The molecule has 3 unspecified atom stereocenters. The lowest BCUT2D eigenvalue weighted by atomic mass is 9.70. The summed E-state index contributed by atoms with van der Waals surface area (Å²) >= 11 is 0. The van der Waals surface area contributed by atoms with Crippen molar-refractivity contribution in [3.63, 3.8) is 0 Å². The van der Waals surface area contributed by atoms with Crippen molar-refractivity contribution in [1.82, 2.24) is 0 Å². The van der Waals surface area contributed by atoms with Crippen molar-refractivity contribution in [1.29, 1.82) is 0 Å². The maximum Gasteiger partial charge on any atom is 0.129 e. The molecule has 3 rings (SSSR count). The lowest BCUT2D eigenvalue weighted by Gasteiger charge is -2.39. The van der Waals surface area contributed by atoms with Crippen LogP contribution in [0.15, 0.2) is 18.2 Å². The number of nitrogens with two attached hydrogens (primary N) is 1. The fraction of sp³-hybridized carbons (Fsp3) is 0.667. The SMILES string of the molecule is CC1(C)C2CCC1(C)C(OCc1ccc(CN)cc1F)C2. The van der Waals surface area contributed by atoms with E-state index in [0.717, 1.165) is 17.9 Å². The Balaban J connectivity index is 1.69. The highest BCUT2D eigenvalue weighted by atomic mass is 19.1. The van der Waals surface area contributed by atoms with Gasteiger partial charge in [-0.3, -0.25) is 0 Å². The Hall–Kier alpha value is -0.930. The summed E-state index contributed by atoms with van der Waals surface area (Å²) in [7, 11) is 0. The van der Waals surface area contributed by atoms with Gasteiger partial charge in [0, 0.05) is 12.1 Å². The van der Waals surface area contributed by atoms with Crippen molar-refractivity contribution >= 4 is 0 Å². The van der Waals surface area contributed by atoms with Crippen molar-refractivity contribution in [2.24, 2.45) is 22.5 Å². The maximum absolute atomic E-state index is 14.0. The van der Waals surface area contributed by atoms with Gasteiger partial charge in [-0.25, -0.2) is 4.39 Å². The minimum Gasteiger partial charge on any atom is -0.373 e. The van der Waals surface area contributed by atoms with Crippen LogP contribution in [0.2, 0.25) is 0 Å². The van der Waals surface area contributed by atoms with Crippen LogP contribution in [-0.2, 0) is 17.9 Å². The predicted octanol–water partition coefficient (Wildman–Crippen LogP) is 4.02. The Morgan fingerprint density at radius 2 is 2.10 bits per heavy atom. The van der Waals surface area contributed by atoms with Crippen LogP contribution in [0, 0.1) is 22.6 Å². The molecule has 1 aromatic carbocycles. The van der Waals surface area contributed by atoms with E-state index in [1.807, 2.05) is 6.07 Å². The summed E-state index contributed by atoms with van der Waals surface area (Å²) in [5.74, 6) is 0.544. The van der Waals surface area contributed by atoms with Crippen LogP contribution in [0.3, 0.4) is 0 Å². The lowest BCUT2D eigenvalue weighted by Crippen LogP contribution is -2.37. The van der Waals surface area contributed by atoms with Crippen molar-refractivity contribution in [3.8, 4) is 0 Å². The molecule has 2 fully saturated rings. The van der Waals surface area contributed by atoms with E-state index in [0.29, 0.717) is 24.1 Å². The number of fused-ring (bicyclic) bond motifs is 2. The van der Waals surface area contributed by atoms with Crippen LogP contribution in [0.4, 0.5) is 4.39 Å². The molecule has 2 nitrogen and oxygen atoms in total. The fourth-order valence-corrected chi connectivity index (χ4v) is 4.41. The average molecular weight is 291 g/mol. The van der Waals surface area contributed by atoms with Gasteiger partial charge in [-0.1, -0.05) is 32.9 Å². The Labute approximate surface area is 126 Å². The predicted molar refractivity (Wildman–Crippen MR) is 82.1 cm³/mol. The van der Waals surface area contributed by atoms with E-state index in [9.17, 15) is 4.39 Å². The Morgan fingerprint density at radius 1 is 1.33 bits per heavy atom. The molecule has 0 heterocycles. The topological polar surface area (TPSA) is 35.2 Å². The van der Waals surface area contributed by atoms with Crippen LogP contribution >= 0.6 is 0 Å². The molecule has 0 amide bonds. The first kappa shape index (κ1) is 15.0. The van der Waals surface area contributed by atoms with E-state index in [1.165, 1.54) is 18.9 Å². The third kappa shape index (κ3) is 2.22.